The number of hydrogen-bond acceptors (Lipinski definition) is 6. The standard InChI is InChI=1S/C18H29N5O/c1-12(19)16-11-20-18(22-14-7-9-15(24)10-8-14)23-17(16)21-13-5-3-2-4-6-13/h11,13-15,24H,1-10,19H2,(H2,20,21,22,23). The Labute approximate surface area is 144 Å². The molecule has 0 aromatic carbocycles. The Balaban J connectivity index is 1.71. The van der Waals surface area contributed by atoms with Gasteiger partial charge in [0.1, 0.15) is 5.82 Å². The first kappa shape index (κ1) is 17.0. The zero-order valence-corrected chi connectivity index (χ0v) is 14.3. The number of anilines is 2. The third-order valence-electron chi connectivity index (χ3n) is 5.11. The third-order valence-corrected chi connectivity index (χ3v) is 5.11. The smallest absolute Gasteiger partial charge is 0.224 e. The lowest BCUT2D eigenvalue weighted by Gasteiger charge is -2.27. The van der Waals surface area contributed by atoms with Gasteiger partial charge in [0.15, 0.2) is 0 Å². The fourth-order valence-corrected chi connectivity index (χ4v) is 3.64. The highest BCUT2D eigenvalue weighted by atomic mass is 16.3. The van der Waals surface area contributed by atoms with Crippen LogP contribution in [0.1, 0.15) is 63.4 Å². The van der Waals surface area contributed by atoms with Crippen molar-refractivity contribution < 1.29 is 5.11 Å². The maximum absolute atomic E-state index is 9.62. The van der Waals surface area contributed by atoms with Crippen LogP contribution in [0.4, 0.5) is 11.8 Å². The number of aliphatic hydroxyl groups is 1. The summed E-state index contributed by atoms with van der Waals surface area (Å²) in [6.07, 6.45) is 11.3. The van der Waals surface area contributed by atoms with E-state index in [1.165, 1.54) is 32.1 Å². The molecule has 0 atom stereocenters. The first-order chi connectivity index (χ1) is 11.6. The molecular formula is C18H29N5O. The lowest BCUT2D eigenvalue weighted by molar-refractivity contribution is 0.126. The van der Waals surface area contributed by atoms with Crippen molar-refractivity contribution in [3.8, 4) is 0 Å². The molecule has 1 heterocycles. The van der Waals surface area contributed by atoms with Gasteiger partial charge in [-0.25, -0.2) is 4.98 Å². The molecule has 1 aromatic heterocycles. The van der Waals surface area contributed by atoms with Crippen molar-refractivity contribution >= 4 is 17.5 Å². The van der Waals surface area contributed by atoms with Crippen molar-refractivity contribution in [3.05, 3.63) is 18.3 Å². The summed E-state index contributed by atoms with van der Waals surface area (Å²) in [7, 11) is 0. The monoisotopic (exact) mass is 331 g/mol. The maximum Gasteiger partial charge on any atom is 0.224 e. The van der Waals surface area contributed by atoms with E-state index >= 15 is 0 Å². The van der Waals surface area contributed by atoms with Gasteiger partial charge < -0.3 is 21.5 Å². The Morgan fingerprint density at radius 1 is 1.04 bits per heavy atom. The number of aromatic nitrogens is 2. The van der Waals surface area contributed by atoms with Gasteiger partial charge in [-0.1, -0.05) is 25.8 Å². The van der Waals surface area contributed by atoms with E-state index in [1.54, 1.807) is 6.20 Å². The second-order valence-electron chi connectivity index (χ2n) is 7.11. The summed E-state index contributed by atoms with van der Waals surface area (Å²) in [5.74, 6) is 1.41. The molecule has 0 spiro atoms. The van der Waals surface area contributed by atoms with Gasteiger partial charge in [-0.05, 0) is 38.5 Å². The summed E-state index contributed by atoms with van der Waals surface area (Å²) in [6, 6.07) is 0.771. The van der Waals surface area contributed by atoms with E-state index in [9.17, 15) is 5.11 Å². The second-order valence-corrected chi connectivity index (χ2v) is 7.11. The van der Waals surface area contributed by atoms with Gasteiger partial charge in [0.05, 0.1) is 11.7 Å². The lowest BCUT2D eigenvalue weighted by Crippen LogP contribution is -2.29. The van der Waals surface area contributed by atoms with Crippen LogP contribution in [0, 0.1) is 0 Å². The largest absolute Gasteiger partial charge is 0.399 e. The van der Waals surface area contributed by atoms with Crippen molar-refractivity contribution in [1.29, 1.82) is 0 Å². The lowest BCUT2D eigenvalue weighted by atomic mass is 9.93. The van der Waals surface area contributed by atoms with Crippen LogP contribution in [-0.2, 0) is 0 Å². The van der Waals surface area contributed by atoms with E-state index in [1.807, 2.05) is 0 Å². The first-order valence-electron chi connectivity index (χ1n) is 9.14. The van der Waals surface area contributed by atoms with E-state index in [-0.39, 0.29) is 6.10 Å². The first-order valence-corrected chi connectivity index (χ1v) is 9.14. The van der Waals surface area contributed by atoms with Gasteiger partial charge in [-0.2, -0.15) is 4.98 Å². The molecule has 24 heavy (non-hydrogen) atoms. The van der Waals surface area contributed by atoms with Crippen LogP contribution in [0.2, 0.25) is 0 Å². The van der Waals surface area contributed by atoms with Crippen molar-refractivity contribution in [2.75, 3.05) is 10.6 Å². The van der Waals surface area contributed by atoms with Crippen LogP contribution >= 0.6 is 0 Å². The molecular weight excluding hydrogens is 302 g/mol. The molecule has 2 aliphatic rings. The topological polar surface area (TPSA) is 96.1 Å². The zero-order chi connectivity index (χ0) is 16.9. The van der Waals surface area contributed by atoms with E-state index in [0.717, 1.165) is 37.1 Å². The molecule has 0 bridgehead atoms. The van der Waals surface area contributed by atoms with Crippen molar-refractivity contribution in [2.45, 2.75) is 76.0 Å². The Morgan fingerprint density at radius 2 is 1.71 bits per heavy atom. The minimum Gasteiger partial charge on any atom is -0.399 e. The molecule has 0 amide bonds. The summed E-state index contributed by atoms with van der Waals surface area (Å²) >= 11 is 0. The summed E-state index contributed by atoms with van der Waals surface area (Å²) in [5, 5.41) is 16.6. The van der Waals surface area contributed by atoms with Gasteiger partial charge in [-0.15, -0.1) is 0 Å². The number of hydrogen-bond donors (Lipinski definition) is 4. The Morgan fingerprint density at radius 3 is 2.38 bits per heavy atom. The van der Waals surface area contributed by atoms with Gasteiger partial charge in [0, 0.05) is 24.0 Å². The second kappa shape index (κ2) is 7.83. The van der Waals surface area contributed by atoms with Gasteiger partial charge in [0.25, 0.3) is 0 Å². The summed E-state index contributed by atoms with van der Waals surface area (Å²) < 4.78 is 0. The quantitative estimate of drug-likeness (QED) is 0.662. The van der Waals surface area contributed by atoms with Gasteiger partial charge in [-0.3, -0.25) is 0 Å². The van der Waals surface area contributed by atoms with Gasteiger partial charge >= 0.3 is 0 Å². The molecule has 3 rings (SSSR count). The number of rotatable bonds is 5. The Kier molecular flexibility index (Phi) is 5.56. The highest BCUT2D eigenvalue weighted by Crippen LogP contribution is 2.26. The molecule has 6 nitrogen and oxygen atoms in total. The molecule has 1 aromatic rings. The Hall–Kier alpha value is -1.82. The molecule has 132 valence electrons. The molecule has 2 saturated carbocycles. The normalized spacial score (nSPS) is 25.2. The fraction of sp³-hybridized carbons (Fsp3) is 0.667. The van der Waals surface area contributed by atoms with Crippen LogP contribution in [0.5, 0.6) is 0 Å². The Bertz CT molecular complexity index is 563. The molecule has 2 aliphatic carbocycles. The van der Waals surface area contributed by atoms with Crippen molar-refractivity contribution in [1.82, 2.24) is 9.97 Å². The molecule has 0 saturated heterocycles. The molecule has 0 radical (unpaired) electrons. The van der Waals surface area contributed by atoms with Crippen molar-refractivity contribution in [2.24, 2.45) is 5.73 Å². The molecule has 0 unspecified atom stereocenters. The summed E-state index contributed by atoms with van der Waals surface area (Å²) in [4.78, 5) is 9.07. The molecule has 6 heteroatoms. The summed E-state index contributed by atoms with van der Waals surface area (Å²) in [5.41, 5.74) is 7.18. The number of nitrogens with one attached hydrogen (secondary N) is 2. The average Bonchev–Trinajstić information content (AvgIpc) is 2.58. The van der Waals surface area contributed by atoms with Crippen LogP contribution in [-0.4, -0.2) is 33.3 Å². The van der Waals surface area contributed by atoms with E-state index in [2.05, 4.69) is 27.2 Å². The average molecular weight is 331 g/mol. The van der Waals surface area contributed by atoms with Crippen LogP contribution in [0.15, 0.2) is 12.8 Å². The zero-order valence-electron chi connectivity index (χ0n) is 14.3. The van der Waals surface area contributed by atoms with E-state index in [4.69, 9.17) is 5.73 Å². The maximum atomic E-state index is 9.62. The number of aliphatic hydroxyl groups excluding tert-OH is 1. The molecule has 2 fully saturated rings. The van der Waals surface area contributed by atoms with Gasteiger partial charge in [0.2, 0.25) is 5.95 Å². The van der Waals surface area contributed by atoms with Crippen LogP contribution in [0.25, 0.3) is 5.70 Å². The van der Waals surface area contributed by atoms with Crippen molar-refractivity contribution in [3.63, 3.8) is 0 Å². The number of nitrogens with zero attached hydrogens (tertiary/aromatic N) is 2. The van der Waals surface area contributed by atoms with Crippen LogP contribution < -0.4 is 16.4 Å². The number of nitrogens with two attached hydrogens (primary N) is 1. The summed E-state index contributed by atoms with van der Waals surface area (Å²) in [6.45, 7) is 3.84. The SMILES string of the molecule is C=C(N)c1cnc(NC2CCC(O)CC2)nc1NC1CCCCC1. The fourth-order valence-electron chi connectivity index (χ4n) is 3.64. The van der Waals surface area contributed by atoms with E-state index in [0.29, 0.717) is 23.7 Å². The molecule has 5 N–H and O–H groups in total. The third kappa shape index (κ3) is 4.38. The predicted molar refractivity (Wildman–Crippen MR) is 97.6 cm³/mol. The molecule has 0 aliphatic heterocycles. The highest BCUT2D eigenvalue weighted by Gasteiger charge is 2.21. The van der Waals surface area contributed by atoms with E-state index < -0.39 is 0 Å². The van der Waals surface area contributed by atoms with Crippen LogP contribution in [0.3, 0.4) is 0 Å². The minimum atomic E-state index is -0.157. The highest BCUT2D eigenvalue weighted by molar-refractivity contribution is 5.70. The predicted octanol–water partition coefficient (Wildman–Crippen LogP) is 2.87. The minimum absolute atomic E-state index is 0.157.